The van der Waals surface area contributed by atoms with Gasteiger partial charge < -0.3 is 19.9 Å². The maximum atomic E-state index is 12.4. The summed E-state index contributed by atoms with van der Waals surface area (Å²) in [5.41, 5.74) is 1.16. The predicted molar refractivity (Wildman–Crippen MR) is 94.1 cm³/mol. The van der Waals surface area contributed by atoms with E-state index in [0.717, 1.165) is 10.9 Å². The Kier molecular flexibility index (Phi) is 5.49. The lowest BCUT2D eigenvalue weighted by molar-refractivity contribution is 0.0526. The molecule has 0 saturated carbocycles. The highest BCUT2D eigenvalue weighted by Gasteiger charge is 2.16. The predicted octanol–water partition coefficient (Wildman–Crippen LogP) is 3.15. The Labute approximate surface area is 142 Å². The quantitative estimate of drug-likeness (QED) is 0.827. The molecule has 2 aromatic rings. The number of H-pyrrole nitrogens is 1. The molecule has 1 heterocycles. The molecular weight excluding hydrogens is 306 g/mol. The van der Waals surface area contributed by atoms with Gasteiger partial charge in [-0.1, -0.05) is 0 Å². The first-order valence-electron chi connectivity index (χ1n) is 8.06. The standard InChI is InChI=1S/C18H25N3O3/c1-18(2,3)24-17(23)20-9-5-11-21(4)16(22)14-6-7-15-13(12-14)8-10-19-15/h6-8,10,12,19H,5,9,11H2,1-4H3,(H,20,23). The van der Waals surface area contributed by atoms with Gasteiger partial charge in [-0.15, -0.1) is 0 Å². The Morgan fingerprint density at radius 1 is 1.25 bits per heavy atom. The zero-order valence-corrected chi connectivity index (χ0v) is 14.7. The molecule has 0 atom stereocenters. The van der Waals surface area contributed by atoms with Crippen molar-refractivity contribution in [3.05, 3.63) is 36.0 Å². The number of hydrogen-bond acceptors (Lipinski definition) is 3. The number of carbonyl (C=O) groups excluding carboxylic acids is 2. The number of ether oxygens (including phenoxy) is 1. The maximum absolute atomic E-state index is 12.4. The molecule has 2 amide bonds. The monoisotopic (exact) mass is 331 g/mol. The second kappa shape index (κ2) is 7.38. The average Bonchev–Trinajstić information content (AvgIpc) is 2.96. The van der Waals surface area contributed by atoms with Crippen molar-refractivity contribution in [1.82, 2.24) is 15.2 Å². The van der Waals surface area contributed by atoms with Crippen LogP contribution in [0.1, 0.15) is 37.6 Å². The van der Waals surface area contributed by atoms with Gasteiger partial charge in [-0.3, -0.25) is 4.79 Å². The van der Waals surface area contributed by atoms with Gasteiger partial charge >= 0.3 is 6.09 Å². The summed E-state index contributed by atoms with van der Waals surface area (Å²) < 4.78 is 5.16. The molecule has 0 saturated heterocycles. The smallest absolute Gasteiger partial charge is 0.407 e. The maximum Gasteiger partial charge on any atom is 0.407 e. The molecule has 130 valence electrons. The van der Waals surface area contributed by atoms with Crippen LogP contribution in [0.15, 0.2) is 30.5 Å². The summed E-state index contributed by atoms with van der Waals surface area (Å²) in [5.74, 6) is -0.0321. The zero-order valence-electron chi connectivity index (χ0n) is 14.7. The molecule has 0 bridgehead atoms. The summed E-state index contributed by atoms with van der Waals surface area (Å²) >= 11 is 0. The molecule has 6 heteroatoms. The topological polar surface area (TPSA) is 74.4 Å². The van der Waals surface area contributed by atoms with Gasteiger partial charge in [-0.25, -0.2) is 4.79 Å². The summed E-state index contributed by atoms with van der Waals surface area (Å²) in [5, 5.41) is 3.71. The molecule has 0 radical (unpaired) electrons. The highest BCUT2D eigenvalue weighted by Crippen LogP contribution is 2.15. The minimum absolute atomic E-state index is 0.0321. The summed E-state index contributed by atoms with van der Waals surface area (Å²) in [6, 6.07) is 7.54. The normalized spacial score (nSPS) is 11.3. The van der Waals surface area contributed by atoms with Crippen LogP contribution in [0, 0.1) is 0 Å². The van der Waals surface area contributed by atoms with E-state index < -0.39 is 11.7 Å². The van der Waals surface area contributed by atoms with E-state index in [9.17, 15) is 9.59 Å². The fraction of sp³-hybridized carbons (Fsp3) is 0.444. The molecular formula is C18H25N3O3. The van der Waals surface area contributed by atoms with Crippen LogP contribution in [-0.2, 0) is 4.74 Å². The molecule has 24 heavy (non-hydrogen) atoms. The summed E-state index contributed by atoms with van der Waals surface area (Å²) in [6.07, 6.45) is 2.08. The number of nitrogens with one attached hydrogen (secondary N) is 2. The SMILES string of the molecule is CN(CCCNC(=O)OC(C)(C)C)C(=O)c1ccc2[nH]ccc2c1. The fourth-order valence-corrected chi connectivity index (χ4v) is 2.33. The third-order valence-electron chi connectivity index (χ3n) is 3.49. The summed E-state index contributed by atoms with van der Waals surface area (Å²) in [4.78, 5) is 28.7. The van der Waals surface area contributed by atoms with Gasteiger partial charge in [-0.05, 0) is 51.5 Å². The highest BCUT2D eigenvalue weighted by molar-refractivity contribution is 5.97. The molecule has 1 aromatic carbocycles. The van der Waals surface area contributed by atoms with Crippen molar-refractivity contribution in [2.75, 3.05) is 20.1 Å². The first-order chi connectivity index (χ1) is 11.3. The van der Waals surface area contributed by atoms with Crippen molar-refractivity contribution in [3.63, 3.8) is 0 Å². The van der Waals surface area contributed by atoms with Crippen LogP contribution in [0.3, 0.4) is 0 Å². The van der Waals surface area contributed by atoms with Gasteiger partial charge in [-0.2, -0.15) is 0 Å². The van der Waals surface area contributed by atoms with Crippen molar-refractivity contribution in [2.24, 2.45) is 0 Å². The van der Waals surface area contributed by atoms with E-state index in [1.807, 2.05) is 51.2 Å². The number of aromatic amines is 1. The van der Waals surface area contributed by atoms with Crippen LogP contribution in [0.4, 0.5) is 4.79 Å². The van der Waals surface area contributed by atoms with E-state index in [4.69, 9.17) is 4.74 Å². The van der Waals surface area contributed by atoms with Crippen molar-refractivity contribution < 1.29 is 14.3 Å². The third-order valence-corrected chi connectivity index (χ3v) is 3.49. The molecule has 2 rings (SSSR count). The minimum atomic E-state index is -0.506. The summed E-state index contributed by atoms with van der Waals surface area (Å²) in [7, 11) is 1.76. The Morgan fingerprint density at radius 2 is 2.00 bits per heavy atom. The Bertz CT molecular complexity index is 716. The Hall–Kier alpha value is -2.50. The zero-order chi connectivity index (χ0) is 17.7. The van der Waals surface area contributed by atoms with E-state index >= 15 is 0 Å². The van der Waals surface area contributed by atoms with Crippen molar-refractivity contribution in [1.29, 1.82) is 0 Å². The lowest BCUT2D eigenvalue weighted by Gasteiger charge is -2.20. The number of hydrogen-bond donors (Lipinski definition) is 2. The fourth-order valence-electron chi connectivity index (χ4n) is 2.33. The van der Waals surface area contributed by atoms with Crippen LogP contribution >= 0.6 is 0 Å². The number of nitrogens with zero attached hydrogens (tertiary/aromatic N) is 1. The lowest BCUT2D eigenvalue weighted by Crippen LogP contribution is -2.35. The first-order valence-corrected chi connectivity index (χ1v) is 8.06. The van der Waals surface area contributed by atoms with Crippen LogP contribution in [0.25, 0.3) is 10.9 Å². The van der Waals surface area contributed by atoms with Gasteiger partial charge in [0.15, 0.2) is 0 Å². The number of aromatic nitrogens is 1. The van der Waals surface area contributed by atoms with E-state index in [2.05, 4.69) is 10.3 Å². The largest absolute Gasteiger partial charge is 0.444 e. The molecule has 2 N–H and O–H groups in total. The van der Waals surface area contributed by atoms with Crippen LogP contribution in [-0.4, -0.2) is 47.6 Å². The van der Waals surface area contributed by atoms with Gasteiger partial charge in [0.25, 0.3) is 5.91 Å². The number of rotatable bonds is 5. The molecule has 0 spiro atoms. The van der Waals surface area contributed by atoms with E-state index in [0.29, 0.717) is 25.1 Å². The molecule has 0 aliphatic heterocycles. The Balaban J connectivity index is 1.78. The van der Waals surface area contributed by atoms with Gasteiger partial charge in [0, 0.05) is 42.8 Å². The Morgan fingerprint density at radius 3 is 2.71 bits per heavy atom. The lowest BCUT2D eigenvalue weighted by atomic mass is 10.1. The van der Waals surface area contributed by atoms with Gasteiger partial charge in [0.05, 0.1) is 0 Å². The van der Waals surface area contributed by atoms with E-state index in [-0.39, 0.29) is 5.91 Å². The number of alkyl carbamates (subject to hydrolysis) is 1. The minimum Gasteiger partial charge on any atom is -0.444 e. The first kappa shape index (κ1) is 17.8. The molecule has 0 aliphatic rings. The molecule has 6 nitrogen and oxygen atoms in total. The second-order valence-corrected chi connectivity index (χ2v) is 6.79. The number of benzene rings is 1. The molecule has 1 aromatic heterocycles. The van der Waals surface area contributed by atoms with Crippen LogP contribution < -0.4 is 5.32 Å². The van der Waals surface area contributed by atoms with Crippen LogP contribution in [0.5, 0.6) is 0 Å². The molecule has 0 unspecified atom stereocenters. The summed E-state index contributed by atoms with van der Waals surface area (Å²) in [6.45, 7) is 6.48. The average molecular weight is 331 g/mol. The highest BCUT2D eigenvalue weighted by atomic mass is 16.6. The third kappa shape index (κ3) is 5.01. The molecule has 0 aliphatic carbocycles. The van der Waals surface area contributed by atoms with Crippen molar-refractivity contribution >= 4 is 22.9 Å². The van der Waals surface area contributed by atoms with Crippen molar-refractivity contribution in [3.8, 4) is 0 Å². The van der Waals surface area contributed by atoms with E-state index in [1.54, 1.807) is 11.9 Å². The van der Waals surface area contributed by atoms with Crippen LogP contribution in [0.2, 0.25) is 0 Å². The number of fused-ring (bicyclic) bond motifs is 1. The van der Waals surface area contributed by atoms with Crippen molar-refractivity contribution in [2.45, 2.75) is 32.8 Å². The number of carbonyl (C=O) groups is 2. The number of amides is 2. The molecule has 0 fully saturated rings. The van der Waals surface area contributed by atoms with Gasteiger partial charge in [0.2, 0.25) is 0 Å². The van der Waals surface area contributed by atoms with E-state index in [1.165, 1.54) is 0 Å². The second-order valence-electron chi connectivity index (χ2n) is 6.79. The van der Waals surface area contributed by atoms with Gasteiger partial charge in [0.1, 0.15) is 5.60 Å².